The lowest BCUT2D eigenvalue weighted by molar-refractivity contribution is 0.0696. The van der Waals surface area contributed by atoms with Crippen LogP contribution in [0.3, 0.4) is 0 Å². The number of aromatic carboxylic acids is 1. The minimum absolute atomic E-state index is 0.0273. The molecular formula is C8H9NO4. The van der Waals surface area contributed by atoms with Crippen LogP contribution in [0.25, 0.3) is 0 Å². The van der Waals surface area contributed by atoms with Gasteiger partial charge in [-0.15, -0.1) is 0 Å². The Hall–Kier alpha value is -1.75. The fourth-order valence-corrected chi connectivity index (χ4v) is 0.957. The second-order valence-corrected chi connectivity index (χ2v) is 2.51. The molecule has 0 fully saturated rings. The van der Waals surface area contributed by atoms with Gasteiger partial charge in [0.05, 0.1) is 5.56 Å². The zero-order chi connectivity index (χ0) is 10.0. The number of hydrogen-bond acceptors (Lipinski definition) is 4. The lowest BCUT2D eigenvalue weighted by Crippen LogP contribution is -2.01. The Bertz CT molecular complexity index is 348. The zero-order valence-electron chi connectivity index (χ0n) is 6.69. The first-order valence-corrected chi connectivity index (χ1v) is 3.54. The number of rotatable bonds is 2. The van der Waals surface area contributed by atoms with Crippen LogP contribution >= 0.6 is 0 Å². The van der Waals surface area contributed by atoms with Crippen molar-refractivity contribution in [1.29, 1.82) is 0 Å². The molecular weight excluding hydrogens is 174 g/mol. The van der Waals surface area contributed by atoms with Gasteiger partial charge in [-0.25, -0.2) is 4.79 Å². The molecule has 1 aromatic carbocycles. The van der Waals surface area contributed by atoms with E-state index < -0.39 is 11.7 Å². The van der Waals surface area contributed by atoms with Gasteiger partial charge in [-0.2, -0.15) is 0 Å². The summed E-state index contributed by atoms with van der Waals surface area (Å²) in [4.78, 5) is 10.5. The van der Waals surface area contributed by atoms with Crippen LogP contribution in [-0.2, 0) is 6.54 Å². The average molecular weight is 183 g/mol. The van der Waals surface area contributed by atoms with Crippen LogP contribution < -0.4 is 5.73 Å². The van der Waals surface area contributed by atoms with Crippen molar-refractivity contribution in [3.8, 4) is 11.5 Å². The number of benzene rings is 1. The van der Waals surface area contributed by atoms with E-state index in [1.807, 2.05) is 0 Å². The normalized spacial score (nSPS) is 9.92. The fourth-order valence-electron chi connectivity index (χ4n) is 0.957. The van der Waals surface area contributed by atoms with E-state index >= 15 is 0 Å². The molecule has 0 atom stereocenters. The topological polar surface area (TPSA) is 104 Å². The van der Waals surface area contributed by atoms with Gasteiger partial charge in [0.15, 0.2) is 11.5 Å². The molecule has 5 heteroatoms. The predicted octanol–water partition coefficient (Wildman–Crippen LogP) is 0.255. The highest BCUT2D eigenvalue weighted by molar-refractivity contribution is 5.88. The minimum atomic E-state index is -1.18. The van der Waals surface area contributed by atoms with Gasteiger partial charge in [0.1, 0.15) is 0 Å². The molecule has 0 heterocycles. The van der Waals surface area contributed by atoms with E-state index in [9.17, 15) is 9.90 Å². The van der Waals surface area contributed by atoms with Crippen molar-refractivity contribution in [1.82, 2.24) is 0 Å². The monoisotopic (exact) mass is 183 g/mol. The number of nitrogens with two attached hydrogens (primary N) is 1. The zero-order valence-corrected chi connectivity index (χ0v) is 6.69. The number of carbonyl (C=O) groups is 1. The van der Waals surface area contributed by atoms with Crippen molar-refractivity contribution in [3.05, 3.63) is 23.3 Å². The molecule has 0 bridgehead atoms. The molecule has 0 saturated carbocycles. The molecule has 0 aliphatic rings. The van der Waals surface area contributed by atoms with Gasteiger partial charge in [0.2, 0.25) is 0 Å². The van der Waals surface area contributed by atoms with Crippen molar-refractivity contribution in [2.75, 3.05) is 0 Å². The van der Waals surface area contributed by atoms with Crippen LogP contribution in [-0.4, -0.2) is 21.3 Å². The molecule has 0 aliphatic carbocycles. The summed E-state index contributed by atoms with van der Waals surface area (Å²) in [6.07, 6.45) is 0. The molecule has 0 radical (unpaired) electrons. The number of hydrogen-bond donors (Lipinski definition) is 4. The summed E-state index contributed by atoms with van der Waals surface area (Å²) in [5.41, 5.74) is 5.33. The summed E-state index contributed by atoms with van der Waals surface area (Å²) in [6, 6.07) is 2.19. The first-order chi connectivity index (χ1) is 6.06. The summed E-state index contributed by atoms with van der Waals surface area (Å²) in [5, 5.41) is 26.9. The Balaban J connectivity index is 3.30. The minimum Gasteiger partial charge on any atom is -0.504 e. The number of carboxylic acid groups (broad SMARTS) is 1. The average Bonchev–Trinajstić information content (AvgIpc) is 2.09. The molecule has 0 spiro atoms. The van der Waals surface area contributed by atoms with Crippen molar-refractivity contribution < 1.29 is 20.1 Å². The quantitative estimate of drug-likeness (QED) is 0.492. The van der Waals surface area contributed by atoms with Crippen LogP contribution in [0.4, 0.5) is 0 Å². The molecule has 1 rings (SSSR count). The van der Waals surface area contributed by atoms with Gasteiger partial charge >= 0.3 is 5.97 Å². The maximum atomic E-state index is 10.5. The molecule has 5 N–H and O–H groups in total. The van der Waals surface area contributed by atoms with E-state index in [4.69, 9.17) is 15.9 Å². The third-order valence-corrected chi connectivity index (χ3v) is 1.64. The summed E-state index contributed by atoms with van der Waals surface area (Å²) in [5.74, 6) is -2.02. The number of phenols is 2. The predicted molar refractivity (Wildman–Crippen MR) is 44.6 cm³/mol. The Kier molecular flexibility index (Phi) is 2.39. The molecule has 1 aromatic rings. The first kappa shape index (κ1) is 9.34. The summed E-state index contributed by atoms with van der Waals surface area (Å²) >= 11 is 0. The standard InChI is InChI=1S/C8H9NO4/c9-3-5-1-4(8(12)13)2-6(10)7(5)11/h1-2,10-11H,3,9H2,(H,12,13). The molecule has 0 unspecified atom stereocenters. The lowest BCUT2D eigenvalue weighted by Gasteiger charge is -2.05. The van der Waals surface area contributed by atoms with E-state index in [2.05, 4.69) is 0 Å². The Labute approximate surface area is 74.0 Å². The summed E-state index contributed by atoms with van der Waals surface area (Å²) in [6.45, 7) is -0.0273. The molecule has 0 aromatic heterocycles. The van der Waals surface area contributed by atoms with Crippen LogP contribution in [0.1, 0.15) is 15.9 Å². The van der Waals surface area contributed by atoms with Gasteiger partial charge in [0.25, 0.3) is 0 Å². The Morgan fingerprint density at radius 3 is 2.46 bits per heavy atom. The van der Waals surface area contributed by atoms with Crippen molar-refractivity contribution in [3.63, 3.8) is 0 Å². The summed E-state index contributed by atoms with van der Waals surface area (Å²) in [7, 11) is 0. The molecule has 0 saturated heterocycles. The van der Waals surface area contributed by atoms with Crippen molar-refractivity contribution in [2.24, 2.45) is 5.73 Å². The van der Waals surface area contributed by atoms with E-state index in [1.54, 1.807) is 0 Å². The molecule has 0 aliphatic heterocycles. The number of carboxylic acids is 1. The smallest absolute Gasteiger partial charge is 0.335 e. The van der Waals surface area contributed by atoms with Crippen LogP contribution in [0.5, 0.6) is 11.5 Å². The first-order valence-electron chi connectivity index (χ1n) is 3.54. The van der Waals surface area contributed by atoms with Gasteiger partial charge in [-0.1, -0.05) is 0 Å². The van der Waals surface area contributed by atoms with Gasteiger partial charge in [-0.3, -0.25) is 0 Å². The highest BCUT2D eigenvalue weighted by Gasteiger charge is 2.11. The van der Waals surface area contributed by atoms with Crippen LogP contribution in [0, 0.1) is 0 Å². The largest absolute Gasteiger partial charge is 0.504 e. The Morgan fingerprint density at radius 1 is 1.38 bits per heavy atom. The number of phenolic OH excluding ortho intramolecular Hbond substituents is 2. The second kappa shape index (κ2) is 3.32. The van der Waals surface area contributed by atoms with E-state index in [1.165, 1.54) is 6.07 Å². The molecule has 70 valence electrons. The van der Waals surface area contributed by atoms with E-state index in [-0.39, 0.29) is 23.4 Å². The van der Waals surface area contributed by atoms with Gasteiger partial charge in [0, 0.05) is 12.1 Å². The molecule has 0 amide bonds. The highest BCUT2D eigenvalue weighted by atomic mass is 16.4. The summed E-state index contributed by atoms with van der Waals surface area (Å²) < 4.78 is 0. The Morgan fingerprint density at radius 2 is 2.00 bits per heavy atom. The fraction of sp³-hybridized carbons (Fsp3) is 0.125. The second-order valence-electron chi connectivity index (χ2n) is 2.51. The van der Waals surface area contributed by atoms with E-state index in [0.29, 0.717) is 0 Å². The number of aromatic hydroxyl groups is 2. The van der Waals surface area contributed by atoms with Crippen molar-refractivity contribution in [2.45, 2.75) is 6.54 Å². The van der Waals surface area contributed by atoms with Crippen molar-refractivity contribution >= 4 is 5.97 Å². The van der Waals surface area contributed by atoms with Gasteiger partial charge in [-0.05, 0) is 12.1 Å². The molecule has 5 nitrogen and oxygen atoms in total. The van der Waals surface area contributed by atoms with Crippen LogP contribution in [0.2, 0.25) is 0 Å². The SMILES string of the molecule is NCc1cc(C(=O)O)cc(O)c1O. The van der Waals surface area contributed by atoms with Gasteiger partial charge < -0.3 is 21.1 Å². The maximum absolute atomic E-state index is 10.5. The highest BCUT2D eigenvalue weighted by Crippen LogP contribution is 2.29. The third kappa shape index (κ3) is 1.70. The third-order valence-electron chi connectivity index (χ3n) is 1.64. The maximum Gasteiger partial charge on any atom is 0.335 e. The van der Waals surface area contributed by atoms with Crippen LogP contribution in [0.15, 0.2) is 12.1 Å². The lowest BCUT2D eigenvalue weighted by atomic mass is 10.1. The van der Waals surface area contributed by atoms with E-state index in [0.717, 1.165) is 6.07 Å². The molecule has 13 heavy (non-hydrogen) atoms.